The average Bonchev–Trinajstić information content (AvgIpc) is 2.82. The number of nitrogens with zero attached hydrogens (tertiary/aromatic N) is 2. The molecule has 170 valence electrons. The molecule has 2 amide bonds. The van der Waals surface area contributed by atoms with Crippen LogP contribution in [0.5, 0.6) is 11.5 Å². The van der Waals surface area contributed by atoms with Gasteiger partial charge in [0.1, 0.15) is 18.2 Å². The van der Waals surface area contributed by atoms with Crippen molar-refractivity contribution in [3.05, 3.63) is 76.4 Å². The standard InChI is InChI=1S/C27H28N2O4/c1-4-6-14-29-26(30)22(19(3)23(17-28)27(29)31)15-21-12-13-24(25(16-21)32-5-2)33-18-20-10-8-7-9-11-20/h7-13,15-16H,4-6,14,18H2,1-3H3/b22-15+. The van der Waals surface area contributed by atoms with Crippen molar-refractivity contribution in [2.75, 3.05) is 13.2 Å². The summed E-state index contributed by atoms with van der Waals surface area (Å²) in [6.45, 7) is 6.66. The summed E-state index contributed by atoms with van der Waals surface area (Å²) < 4.78 is 11.7. The lowest BCUT2D eigenvalue weighted by Gasteiger charge is -2.27. The molecule has 1 aliphatic heterocycles. The molecule has 0 atom stereocenters. The minimum absolute atomic E-state index is 0.00444. The lowest BCUT2D eigenvalue weighted by Crippen LogP contribution is -2.43. The van der Waals surface area contributed by atoms with Crippen LogP contribution >= 0.6 is 0 Å². The molecule has 0 aromatic heterocycles. The molecule has 6 heteroatoms. The zero-order valence-corrected chi connectivity index (χ0v) is 19.3. The summed E-state index contributed by atoms with van der Waals surface area (Å²) in [4.78, 5) is 26.9. The molecule has 2 aromatic carbocycles. The summed E-state index contributed by atoms with van der Waals surface area (Å²) in [7, 11) is 0. The summed E-state index contributed by atoms with van der Waals surface area (Å²) in [6, 6.07) is 17.2. The first-order chi connectivity index (χ1) is 16.0. The molecule has 2 aromatic rings. The molecule has 0 radical (unpaired) electrons. The van der Waals surface area contributed by atoms with Crippen molar-refractivity contribution >= 4 is 17.9 Å². The highest BCUT2D eigenvalue weighted by molar-refractivity contribution is 6.19. The maximum absolute atomic E-state index is 13.1. The van der Waals surface area contributed by atoms with Gasteiger partial charge in [0, 0.05) is 12.1 Å². The molecule has 33 heavy (non-hydrogen) atoms. The van der Waals surface area contributed by atoms with Crippen LogP contribution in [0.3, 0.4) is 0 Å². The number of amides is 2. The van der Waals surface area contributed by atoms with Gasteiger partial charge in [-0.1, -0.05) is 49.7 Å². The van der Waals surface area contributed by atoms with Crippen LogP contribution in [-0.4, -0.2) is 29.9 Å². The second-order valence-corrected chi connectivity index (χ2v) is 7.70. The van der Waals surface area contributed by atoms with Crippen LogP contribution in [0.2, 0.25) is 0 Å². The maximum atomic E-state index is 13.1. The highest BCUT2D eigenvalue weighted by Gasteiger charge is 2.34. The van der Waals surface area contributed by atoms with E-state index in [2.05, 4.69) is 0 Å². The van der Waals surface area contributed by atoms with E-state index in [9.17, 15) is 14.9 Å². The second-order valence-electron chi connectivity index (χ2n) is 7.70. The smallest absolute Gasteiger partial charge is 0.271 e. The minimum Gasteiger partial charge on any atom is -0.490 e. The van der Waals surface area contributed by atoms with E-state index in [1.165, 1.54) is 4.90 Å². The van der Waals surface area contributed by atoms with Crippen LogP contribution in [0, 0.1) is 11.3 Å². The Morgan fingerprint density at radius 2 is 1.76 bits per heavy atom. The van der Waals surface area contributed by atoms with Crippen LogP contribution < -0.4 is 9.47 Å². The summed E-state index contributed by atoms with van der Waals surface area (Å²) in [5.41, 5.74) is 2.49. The number of imide groups is 1. The van der Waals surface area contributed by atoms with Gasteiger partial charge in [-0.3, -0.25) is 14.5 Å². The van der Waals surface area contributed by atoms with Gasteiger partial charge >= 0.3 is 0 Å². The molecular formula is C27H28N2O4. The first kappa shape index (κ1) is 23.8. The third-order valence-electron chi connectivity index (χ3n) is 5.38. The predicted molar refractivity (Wildman–Crippen MR) is 126 cm³/mol. The molecule has 0 saturated carbocycles. The molecular weight excluding hydrogens is 416 g/mol. The number of carbonyl (C=O) groups excluding carboxylic acids is 2. The minimum atomic E-state index is -0.523. The van der Waals surface area contributed by atoms with Crippen molar-refractivity contribution < 1.29 is 19.1 Å². The summed E-state index contributed by atoms with van der Waals surface area (Å²) in [5.74, 6) is 0.257. The Morgan fingerprint density at radius 1 is 1.00 bits per heavy atom. The van der Waals surface area contributed by atoms with Crippen LogP contribution in [0.25, 0.3) is 6.08 Å². The van der Waals surface area contributed by atoms with E-state index in [1.807, 2.05) is 56.3 Å². The molecule has 0 aliphatic carbocycles. The van der Waals surface area contributed by atoms with E-state index < -0.39 is 5.91 Å². The Labute approximate surface area is 194 Å². The van der Waals surface area contributed by atoms with Gasteiger partial charge in [-0.05, 0) is 55.2 Å². The number of benzene rings is 2. The second kappa shape index (κ2) is 11.1. The Kier molecular flexibility index (Phi) is 8.04. The van der Waals surface area contributed by atoms with Crippen LogP contribution in [0.4, 0.5) is 0 Å². The van der Waals surface area contributed by atoms with Crippen molar-refractivity contribution in [3.63, 3.8) is 0 Å². The molecule has 3 rings (SSSR count). The van der Waals surface area contributed by atoms with Gasteiger partial charge in [-0.25, -0.2) is 0 Å². The third-order valence-corrected chi connectivity index (χ3v) is 5.38. The lowest BCUT2D eigenvalue weighted by molar-refractivity contribution is -0.140. The highest BCUT2D eigenvalue weighted by atomic mass is 16.5. The van der Waals surface area contributed by atoms with Gasteiger partial charge in [-0.2, -0.15) is 5.26 Å². The van der Waals surface area contributed by atoms with Gasteiger partial charge in [-0.15, -0.1) is 0 Å². The molecule has 6 nitrogen and oxygen atoms in total. The topological polar surface area (TPSA) is 79.6 Å². The van der Waals surface area contributed by atoms with Crippen molar-refractivity contribution in [3.8, 4) is 17.6 Å². The Hall–Kier alpha value is -3.85. The Balaban J connectivity index is 1.94. The largest absolute Gasteiger partial charge is 0.490 e. The van der Waals surface area contributed by atoms with Gasteiger partial charge < -0.3 is 9.47 Å². The quantitative estimate of drug-likeness (QED) is 0.399. The lowest BCUT2D eigenvalue weighted by atomic mass is 9.93. The zero-order valence-electron chi connectivity index (χ0n) is 19.3. The summed E-state index contributed by atoms with van der Waals surface area (Å²) in [5, 5.41) is 9.52. The highest BCUT2D eigenvalue weighted by Crippen LogP contribution is 2.32. The maximum Gasteiger partial charge on any atom is 0.271 e. The molecule has 0 N–H and O–H groups in total. The summed E-state index contributed by atoms with van der Waals surface area (Å²) in [6.07, 6.45) is 3.22. The number of ether oxygens (including phenoxy) is 2. The number of carbonyl (C=O) groups is 2. The SMILES string of the molecule is CCCCN1C(=O)C(C#N)=C(C)/C(=C\c2ccc(OCc3ccccc3)c(OCC)c2)C1=O. The Morgan fingerprint density at radius 3 is 2.42 bits per heavy atom. The fourth-order valence-electron chi connectivity index (χ4n) is 3.55. The van der Waals surface area contributed by atoms with Gasteiger partial charge in [0.25, 0.3) is 11.8 Å². The van der Waals surface area contributed by atoms with Crippen LogP contribution in [0.15, 0.2) is 65.3 Å². The van der Waals surface area contributed by atoms with Crippen molar-refractivity contribution in [2.45, 2.75) is 40.2 Å². The van der Waals surface area contributed by atoms with E-state index in [4.69, 9.17) is 9.47 Å². The van der Waals surface area contributed by atoms with Gasteiger partial charge in [0.2, 0.25) is 0 Å². The zero-order chi connectivity index (χ0) is 23.8. The van der Waals surface area contributed by atoms with Crippen molar-refractivity contribution in [1.82, 2.24) is 4.90 Å². The molecule has 0 saturated heterocycles. The van der Waals surface area contributed by atoms with Gasteiger partial charge in [0.05, 0.1) is 6.61 Å². The van der Waals surface area contributed by atoms with Crippen molar-refractivity contribution in [1.29, 1.82) is 5.26 Å². The van der Waals surface area contributed by atoms with E-state index in [1.54, 1.807) is 25.1 Å². The number of hydrogen-bond donors (Lipinski definition) is 0. The van der Waals surface area contributed by atoms with E-state index in [0.29, 0.717) is 48.8 Å². The van der Waals surface area contributed by atoms with Crippen LogP contribution in [-0.2, 0) is 16.2 Å². The first-order valence-electron chi connectivity index (χ1n) is 11.1. The monoisotopic (exact) mass is 444 g/mol. The number of nitriles is 1. The van der Waals surface area contributed by atoms with Crippen LogP contribution in [0.1, 0.15) is 44.7 Å². The average molecular weight is 445 g/mol. The first-order valence-corrected chi connectivity index (χ1v) is 11.1. The fourth-order valence-corrected chi connectivity index (χ4v) is 3.55. The summed E-state index contributed by atoms with van der Waals surface area (Å²) >= 11 is 0. The molecule has 0 fully saturated rings. The number of hydrogen-bond acceptors (Lipinski definition) is 5. The fraction of sp³-hybridized carbons (Fsp3) is 0.296. The molecule has 0 spiro atoms. The Bertz CT molecular complexity index is 1130. The van der Waals surface area contributed by atoms with Crippen molar-refractivity contribution in [2.24, 2.45) is 0 Å². The molecule has 1 heterocycles. The van der Waals surface area contributed by atoms with E-state index in [-0.39, 0.29) is 11.5 Å². The normalized spacial score (nSPS) is 15.1. The number of rotatable bonds is 9. The predicted octanol–water partition coefficient (Wildman–Crippen LogP) is 5.06. The van der Waals surface area contributed by atoms with Gasteiger partial charge in [0.15, 0.2) is 11.5 Å². The molecule has 1 aliphatic rings. The van der Waals surface area contributed by atoms with E-state index >= 15 is 0 Å². The number of unbranched alkanes of at least 4 members (excludes halogenated alkanes) is 1. The van der Waals surface area contributed by atoms with E-state index in [0.717, 1.165) is 17.5 Å². The molecule has 0 bridgehead atoms. The third kappa shape index (κ3) is 5.50. The molecule has 0 unspecified atom stereocenters.